The number of amides is 1. The van der Waals surface area contributed by atoms with Crippen molar-refractivity contribution in [2.24, 2.45) is 5.92 Å². The van der Waals surface area contributed by atoms with Crippen LogP contribution in [0.1, 0.15) is 48.0 Å². The minimum absolute atomic E-state index is 0.0328. The maximum absolute atomic E-state index is 11.7. The molecule has 34 heavy (non-hydrogen) atoms. The molecular formula is C25H51N3O3S2Si. The first-order valence-electron chi connectivity index (χ1n) is 12.5. The number of rotatable bonds is 19. The number of nitrogens with one attached hydrogen (secondary N) is 3. The fourth-order valence-corrected chi connectivity index (χ4v) is 7.66. The summed E-state index contributed by atoms with van der Waals surface area (Å²) in [6.07, 6.45) is 0.347. The van der Waals surface area contributed by atoms with Crippen molar-refractivity contribution in [1.29, 1.82) is 0 Å². The second kappa shape index (κ2) is 19.0. The van der Waals surface area contributed by atoms with Crippen LogP contribution in [-0.2, 0) is 14.3 Å². The molecule has 200 valence electrons. The molecule has 0 aliphatic rings. The number of hydrogen-bond donors (Lipinski definition) is 3. The summed E-state index contributed by atoms with van der Waals surface area (Å²) in [6, 6.07) is 0.533. The summed E-state index contributed by atoms with van der Waals surface area (Å²) < 4.78 is 11.3. The Labute approximate surface area is 219 Å². The zero-order valence-corrected chi connectivity index (χ0v) is 25.8. The lowest BCUT2D eigenvalue weighted by atomic mass is 10.2. The number of hydrogen-bond acceptors (Lipinski definition) is 7. The number of carbonyl (C=O) groups is 1. The molecule has 3 N–H and O–H groups in total. The Morgan fingerprint density at radius 3 is 2.21 bits per heavy atom. The van der Waals surface area contributed by atoms with Gasteiger partial charge >= 0.3 is 0 Å². The van der Waals surface area contributed by atoms with Gasteiger partial charge in [0.25, 0.3) is 0 Å². The smallest absolute Gasteiger partial charge is 0.223 e. The number of carbonyl (C=O) groups excluding carboxylic acids is 1. The van der Waals surface area contributed by atoms with Gasteiger partial charge in [-0.15, -0.1) is 0 Å². The van der Waals surface area contributed by atoms with E-state index in [0.717, 1.165) is 18.8 Å². The highest BCUT2D eigenvalue weighted by Crippen LogP contribution is 2.47. The minimum atomic E-state index is -1.36. The second-order valence-electron chi connectivity index (χ2n) is 10.6. The van der Waals surface area contributed by atoms with Gasteiger partial charge in [0.15, 0.2) is 0 Å². The van der Waals surface area contributed by atoms with E-state index in [0.29, 0.717) is 56.7 Å². The van der Waals surface area contributed by atoms with Crippen molar-refractivity contribution in [3.63, 3.8) is 0 Å². The number of ether oxygens (including phenoxy) is 2. The molecule has 0 aromatic rings. The van der Waals surface area contributed by atoms with Crippen LogP contribution in [0.25, 0.3) is 0 Å². The zero-order valence-electron chi connectivity index (χ0n) is 23.1. The maximum atomic E-state index is 11.7. The van der Waals surface area contributed by atoms with Gasteiger partial charge in [0, 0.05) is 37.2 Å². The molecule has 0 saturated carbocycles. The third-order valence-electron chi connectivity index (χ3n) is 5.68. The minimum Gasteiger partial charge on any atom is -0.379 e. The third-order valence-corrected chi connectivity index (χ3v) is 13.0. The topological polar surface area (TPSA) is 71.6 Å². The van der Waals surface area contributed by atoms with Gasteiger partial charge in [-0.05, 0) is 5.04 Å². The van der Waals surface area contributed by atoms with Crippen LogP contribution in [0.4, 0.5) is 0 Å². The fourth-order valence-electron chi connectivity index (χ4n) is 2.54. The van der Waals surface area contributed by atoms with E-state index in [9.17, 15) is 4.79 Å². The summed E-state index contributed by atoms with van der Waals surface area (Å²) in [6.45, 7) is 24.9. The summed E-state index contributed by atoms with van der Waals surface area (Å²) >= 11 is 0. The van der Waals surface area contributed by atoms with Crippen LogP contribution in [0.3, 0.4) is 0 Å². The molecule has 0 saturated heterocycles. The van der Waals surface area contributed by atoms with Crippen molar-refractivity contribution < 1.29 is 14.3 Å². The molecule has 0 aliphatic heterocycles. The Bertz CT molecular complexity index is 602. The van der Waals surface area contributed by atoms with Crippen LogP contribution >= 0.6 is 21.6 Å². The molecule has 0 aromatic carbocycles. The van der Waals surface area contributed by atoms with Crippen LogP contribution in [-0.4, -0.2) is 77.2 Å². The third kappa shape index (κ3) is 17.3. The highest BCUT2D eigenvalue weighted by molar-refractivity contribution is 8.77. The summed E-state index contributed by atoms with van der Waals surface area (Å²) in [7, 11) is 2.55. The average molecular weight is 534 g/mol. The van der Waals surface area contributed by atoms with Crippen LogP contribution in [0.5, 0.6) is 0 Å². The van der Waals surface area contributed by atoms with E-state index in [1.165, 1.54) is 0 Å². The molecule has 0 aliphatic carbocycles. The monoisotopic (exact) mass is 533 g/mol. The first kappa shape index (κ1) is 33.8. The lowest BCUT2D eigenvalue weighted by molar-refractivity contribution is -0.122. The molecule has 0 heterocycles. The summed E-state index contributed by atoms with van der Waals surface area (Å²) in [4.78, 5) is 11.7. The first-order valence-corrected chi connectivity index (χ1v) is 18.4. The Balaban J connectivity index is 4.07. The van der Waals surface area contributed by atoms with Gasteiger partial charge in [0.1, 0.15) is 0 Å². The van der Waals surface area contributed by atoms with E-state index >= 15 is 0 Å². The molecule has 0 spiro atoms. The van der Waals surface area contributed by atoms with Crippen molar-refractivity contribution in [3.8, 4) is 11.8 Å². The largest absolute Gasteiger partial charge is 0.379 e. The lowest BCUT2D eigenvalue weighted by Gasteiger charge is -2.43. The average Bonchev–Trinajstić information content (AvgIpc) is 2.72. The molecule has 0 rings (SSSR count). The van der Waals surface area contributed by atoms with Crippen molar-refractivity contribution in [2.75, 3.05) is 51.8 Å². The van der Waals surface area contributed by atoms with E-state index in [2.05, 4.69) is 75.1 Å². The Morgan fingerprint density at radius 2 is 1.62 bits per heavy atom. The standard InChI is InChI=1S/C25H51N3O3S2Si/c1-21(2)11-10-13-27-23(29)12-16-30-18-19-31-17-14-28-24(25(5,6)34(7,8)9)33-32-20-15-26-22(3)4/h21-22,24,26,28H,12-20H2,1-9H3,(H,27,29). The van der Waals surface area contributed by atoms with Crippen molar-refractivity contribution in [1.82, 2.24) is 16.0 Å². The van der Waals surface area contributed by atoms with E-state index in [1.54, 1.807) is 0 Å². The lowest BCUT2D eigenvalue weighted by Crippen LogP contribution is -2.48. The van der Waals surface area contributed by atoms with E-state index < -0.39 is 8.07 Å². The van der Waals surface area contributed by atoms with Gasteiger partial charge in [-0.3, -0.25) is 4.79 Å². The normalized spacial score (nSPS) is 13.1. The molecule has 6 nitrogen and oxygen atoms in total. The van der Waals surface area contributed by atoms with Gasteiger partial charge in [-0.25, -0.2) is 0 Å². The van der Waals surface area contributed by atoms with E-state index in [1.807, 2.05) is 35.4 Å². The van der Waals surface area contributed by atoms with Crippen molar-refractivity contribution in [3.05, 3.63) is 0 Å². The van der Waals surface area contributed by atoms with Gasteiger partial charge in [0.05, 0.1) is 46.4 Å². The van der Waals surface area contributed by atoms with Gasteiger partial charge in [-0.1, -0.05) is 94.6 Å². The molecular weight excluding hydrogens is 483 g/mol. The predicted molar refractivity (Wildman–Crippen MR) is 154 cm³/mol. The van der Waals surface area contributed by atoms with E-state index in [4.69, 9.17) is 9.47 Å². The second-order valence-corrected chi connectivity index (χ2v) is 18.9. The molecule has 0 bridgehead atoms. The summed E-state index contributed by atoms with van der Waals surface area (Å²) in [5, 5.41) is 10.6. The first-order chi connectivity index (χ1) is 15.9. The van der Waals surface area contributed by atoms with Crippen LogP contribution < -0.4 is 16.0 Å². The molecule has 0 aromatic heterocycles. The van der Waals surface area contributed by atoms with Crippen LogP contribution in [0.2, 0.25) is 24.7 Å². The predicted octanol–water partition coefficient (Wildman–Crippen LogP) is 4.60. The molecule has 1 amide bonds. The highest BCUT2D eigenvalue weighted by Gasteiger charge is 2.41. The van der Waals surface area contributed by atoms with Gasteiger partial charge in [-0.2, -0.15) is 0 Å². The van der Waals surface area contributed by atoms with Gasteiger partial charge in [0.2, 0.25) is 5.91 Å². The molecule has 1 atom stereocenters. The molecule has 9 heteroatoms. The zero-order chi connectivity index (χ0) is 26.0. The Kier molecular flexibility index (Phi) is 18.9. The van der Waals surface area contributed by atoms with Crippen molar-refractivity contribution in [2.45, 2.75) is 84.1 Å². The molecule has 0 radical (unpaired) electrons. The summed E-state index contributed by atoms with van der Waals surface area (Å²) in [5.74, 6) is 7.35. The molecule has 1 unspecified atom stereocenters. The Hall–Kier alpha value is -0.213. The highest BCUT2D eigenvalue weighted by atomic mass is 33.1. The van der Waals surface area contributed by atoms with Crippen molar-refractivity contribution >= 4 is 35.6 Å². The Morgan fingerprint density at radius 1 is 0.971 bits per heavy atom. The van der Waals surface area contributed by atoms with Crippen LogP contribution in [0, 0.1) is 17.8 Å². The fraction of sp³-hybridized carbons (Fsp3) is 0.880. The summed E-state index contributed by atoms with van der Waals surface area (Å²) in [5.41, 5.74) is 0. The maximum Gasteiger partial charge on any atom is 0.223 e. The van der Waals surface area contributed by atoms with Gasteiger partial charge < -0.3 is 25.4 Å². The quantitative estimate of drug-likeness (QED) is 0.0737. The SMILES string of the molecule is CC(C)C#CCNC(=O)CCOCCOCCNC(SSCCNC(C)C)C(C)(C)[Si](C)(C)C. The molecule has 0 fully saturated rings. The van der Waals surface area contributed by atoms with Crippen LogP contribution in [0.15, 0.2) is 0 Å². The van der Waals surface area contributed by atoms with E-state index in [-0.39, 0.29) is 10.9 Å².